The number of unbranched alkanes of at least 4 members (excludes halogenated alkanes) is 3. The largest absolute Gasteiger partial charge is 0.481 e. The molecule has 0 bridgehead atoms. The third kappa shape index (κ3) is 16.6. The van der Waals surface area contributed by atoms with Gasteiger partial charge in [0.05, 0.1) is 13.2 Å². The molecule has 7 heteroatoms. The second-order valence-corrected chi connectivity index (χ2v) is 4.70. The maximum absolute atomic E-state index is 11.4. The maximum atomic E-state index is 11.4. The lowest BCUT2D eigenvalue weighted by Crippen LogP contribution is -2.36. The van der Waals surface area contributed by atoms with Crippen LogP contribution in [0.15, 0.2) is 0 Å². The van der Waals surface area contributed by atoms with E-state index in [2.05, 4.69) is 10.6 Å². The van der Waals surface area contributed by atoms with Gasteiger partial charge in [-0.25, -0.2) is 4.79 Å². The molecule has 0 aliphatic carbocycles. The van der Waals surface area contributed by atoms with Crippen LogP contribution in [0.4, 0.5) is 4.79 Å². The van der Waals surface area contributed by atoms with Crippen LogP contribution in [0, 0.1) is 0 Å². The summed E-state index contributed by atoms with van der Waals surface area (Å²) in [4.78, 5) is 21.7. The van der Waals surface area contributed by atoms with E-state index >= 15 is 0 Å². The Labute approximate surface area is 126 Å². The van der Waals surface area contributed by atoms with Crippen LogP contribution in [-0.4, -0.2) is 57.1 Å². The first-order chi connectivity index (χ1) is 10.2. The standard InChI is InChI=1S/C14H28N2O5/c1-20-11-12-21-10-6-9-16-14(19)15-8-5-3-2-4-7-13(17)18/h2-12H2,1H3,(H,17,18)(H2,15,16,19). The van der Waals surface area contributed by atoms with Gasteiger partial charge in [0.2, 0.25) is 0 Å². The van der Waals surface area contributed by atoms with Crippen molar-refractivity contribution in [2.24, 2.45) is 0 Å². The van der Waals surface area contributed by atoms with Gasteiger partial charge in [-0.2, -0.15) is 0 Å². The minimum Gasteiger partial charge on any atom is -0.481 e. The number of carbonyl (C=O) groups excluding carboxylic acids is 1. The smallest absolute Gasteiger partial charge is 0.314 e. The molecule has 0 saturated heterocycles. The van der Waals surface area contributed by atoms with Crippen LogP contribution in [0.2, 0.25) is 0 Å². The zero-order valence-electron chi connectivity index (χ0n) is 12.9. The van der Waals surface area contributed by atoms with E-state index in [0.717, 1.165) is 25.7 Å². The Hall–Kier alpha value is -1.34. The molecule has 0 aliphatic heterocycles. The van der Waals surface area contributed by atoms with Gasteiger partial charge >= 0.3 is 12.0 Å². The summed E-state index contributed by atoms with van der Waals surface area (Å²) < 4.78 is 10.1. The number of amides is 2. The van der Waals surface area contributed by atoms with Crippen LogP contribution < -0.4 is 10.6 Å². The van der Waals surface area contributed by atoms with Crippen molar-refractivity contribution in [1.29, 1.82) is 0 Å². The predicted octanol–water partition coefficient (Wildman–Crippen LogP) is 1.37. The number of nitrogens with one attached hydrogen (secondary N) is 2. The van der Waals surface area contributed by atoms with Crippen molar-refractivity contribution >= 4 is 12.0 Å². The molecule has 0 aromatic rings. The summed E-state index contributed by atoms with van der Waals surface area (Å²) in [6.07, 6.45) is 4.37. The molecule has 0 aromatic carbocycles. The molecule has 0 heterocycles. The summed E-state index contributed by atoms with van der Waals surface area (Å²) in [5.74, 6) is -0.751. The third-order valence-corrected chi connectivity index (χ3v) is 2.79. The number of methoxy groups -OCH3 is 1. The fraction of sp³-hybridized carbons (Fsp3) is 0.857. The van der Waals surface area contributed by atoms with E-state index in [9.17, 15) is 9.59 Å². The third-order valence-electron chi connectivity index (χ3n) is 2.79. The Bertz CT molecular complexity index is 274. The van der Waals surface area contributed by atoms with Crippen molar-refractivity contribution in [3.05, 3.63) is 0 Å². The van der Waals surface area contributed by atoms with Gasteiger partial charge < -0.3 is 25.2 Å². The normalized spacial score (nSPS) is 10.3. The SMILES string of the molecule is COCCOCCCNC(=O)NCCCCCCC(=O)O. The van der Waals surface area contributed by atoms with E-state index < -0.39 is 5.97 Å². The molecule has 0 fully saturated rings. The highest BCUT2D eigenvalue weighted by atomic mass is 16.5. The zero-order chi connectivity index (χ0) is 15.8. The van der Waals surface area contributed by atoms with E-state index in [-0.39, 0.29) is 12.5 Å². The van der Waals surface area contributed by atoms with Crippen LogP contribution >= 0.6 is 0 Å². The Kier molecular flexibility index (Phi) is 14.1. The van der Waals surface area contributed by atoms with Gasteiger partial charge in [-0.1, -0.05) is 12.8 Å². The number of hydrogen-bond acceptors (Lipinski definition) is 4. The van der Waals surface area contributed by atoms with Gasteiger partial charge in [0.25, 0.3) is 0 Å². The highest BCUT2D eigenvalue weighted by Crippen LogP contribution is 2.01. The molecule has 7 nitrogen and oxygen atoms in total. The molecule has 0 aliphatic rings. The lowest BCUT2D eigenvalue weighted by atomic mass is 10.1. The lowest BCUT2D eigenvalue weighted by molar-refractivity contribution is -0.137. The average molecular weight is 304 g/mol. The Morgan fingerprint density at radius 1 is 0.905 bits per heavy atom. The monoisotopic (exact) mass is 304 g/mol. The summed E-state index contributed by atoms with van der Waals surface area (Å²) in [6.45, 7) is 2.96. The maximum Gasteiger partial charge on any atom is 0.314 e. The number of carboxylic acid groups (broad SMARTS) is 1. The molecule has 0 radical (unpaired) electrons. The van der Waals surface area contributed by atoms with E-state index in [1.807, 2.05) is 0 Å². The van der Waals surface area contributed by atoms with Crippen molar-refractivity contribution < 1.29 is 24.2 Å². The van der Waals surface area contributed by atoms with Crippen LogP contribution in [0.5, 0.6) is 0 Å². The van der Waals surface area contributed by atoms with Crippen LogP contribution in [0.1, 0.15) is 38.5 Å². The van der Waals surface area contributed by atoms with Crippen LogP contribution in [-0.2, 0) is 14.3 Å². The van der Waals surface area contributed by atoms with Crippen molar-refractivity contribution in [1.82, 2.24) is 10.6 Å². The number of rotatable bonds is 14. The second kappa shape index (κ2) is 15.1. The average Bonchev–Trinajstić information content (AvgIpc) is 2.45. The minimum absolute atomic E-state index is 0.169. The van der Waals surface area contributed by atoms with Gasteiger partial charge in [0.1, 0.15) is 0 Å². The summed E-state index contributed by atoms with van der Waals surface area (Å²) in [6, 6.07) is -0.169. The first-order valence-electron chi connectivity index (χ1n) is 7.47. The number of aliphatic carboxylic acids is 1. The van der Waals surface area contributed by atoms with Crippen LogP contribution in [0.25, 0.3) is 0 Å². The molecule has 0 spiro atoms. The Balaban J connectivity index is 3.18. The molecule has 0 rings (SSSR count). The molecular weight excluding hydrogens is 276 g/mol. The van der Waals surface area contributed by atoms with Gasteiger partial charge in [-0.05, 0) is 19.3 Å². The molecular formula is C14H28N2O5. The molecule has 3 N–H and O–H groups in total. The van der Waals surface area contributed by atoms with Crippen LogP contribution in [0.3, 0.4) is 0 Å². The summed E-state index contributed by atoms with van der Waals surface area (Å²) in [5, 5.41) is 14.0. The molecule has 0 unspecified atom stereocenters. The van der Waals surface area contributed by atoms with Gasteiger partial charge in [-0.15, -0.1) is 0 Å². The van der Waals surface area contributed by atoms with Gasteiger partial charge in [0.15, 0.2) is 0 Å². The van der Waals surface area contributed by atoms with Crippen molar-refractivity contribution in [3.63, 3.8) is 0 Å². The zero-order valence-corrected chi connectivity index (χ0v) is 12.9. The molecule has 124 valence electrons. The van der Waals surface area contributed by atoms with Crippen molar-refractivity contribution in [2.45, 2.75) is 38.5 Å². The minimum atomic E-state index is -0.751. The van der Waals surface area contributed by atoms with E-state index in [1.165, 1.54) is 0 Å². The highest BCUT2D eigenvalue weighted by molar-refractivity contribution is 5.73. The summed E-state index contributed by atoms with van der Waals surface area (Å²) in [7, 11) is 1.63. The molecule has 21 heavy (non-hydrogen) atoms. The lowest BCUT2D eigenvalue weighted by Gasteiger charge is -2.08. The quantitative estimate of drug-likeness (QED) is 0.421. The second-order valence-electron chi connectivity index (χ2n) is 4.70. The first kappa shape index (κ1) is 19.7. The molecule has 0 aromatic heterocycles. The van der Waals surface area contributed by atoms with E-state index in [0.29, 0.717) is 39.3 Å². The number of carbonyl (C=O) groups is 2. The topological polar surface area (TPSA) is 96.9 Å². The predicted molar refractivity (Wildman–Crippen MR) is 79.4 cm³/mol. The fourth-order valence-corrected chi connectivity index (χ4v) is 1.64. The van der Waals surface area contributed by atoms with E-state index in [1.54, 1.807) is 7.11 Å². The Morgan fingerprint density at radius 3 is 2.24 bits per heavy atom. The Morgan fingerprint density at radius 2 is 1.57 bits per heavy atom. The number of carboxylic acids is 1. The molecule has 0 saturated carbocycles. The van der Waals surface area contributed by atoms with E-state index in [4.69, 9.17) is 14.6 Å². The molecule has 2 amide bonds. The number of ether oxygens (including phenoxy) is 2. The summed E-state index contributed by atoms with van der Waals surface area (Å²) in [5.41, 5.74) is 0. The van der Waals surface area contributed by atoms with Gasteiger partial charge in [-0.3, -0.25) is 4.79 Å². The van der Waals surface area contributed by atoms with Crippen molar-refractivity contribution in [3.8, 4) is 0 Å². The van der Waals surface area contributed by atoms with Crippen molar-refractivity contribution in [2.75, 3.05) is 40.0 Å². The highest BCUT2D eigenvalue weighted by Gasteiger charge is 1.99. The first-order valence-corrected chi connectivity index (χ1v) is 7.47. The fourth-order valence-electron chi connectivity index (χ4n) is 1.64. The van der Waals surface area contributed by atoms with Gasteiger partial charge in [0, 0.05) is 33.2 Å². The number of urea groups is 1. The molecule has 0 atom stereocenters. The number of hydrogen-bond donors (Lipinski definition) is 3. The summed E-state index contributed by atoms with van der Waals surface area (Å²) >= 11 is 0.